The lowest BCUT2D eigenvalue weighted by Gasteiger charge is -2.40. The molecule has 2 fully saturated rings. The number of benzene rings is 1. The zero-order chi connectivity index (χ0) is 14.2. The number of aryl methyl sites for hydroxylation is 1. The van der Waals surface area contributed by atoms with Crippen molar-refractivity contribution in [1.29, 1.82) is 0 Å². The van der Waals surface area contributed by atoms with Gasteiger partial charge < -0.3 is 10.5 Å². The zero-order valence-electron chi connectivity index (χ0n) is 12.2. The van der Waals surface area contributed by atoms with Gasteiger partial charge in [-0.15, -0.1) is 0 Å². The van der Waals surface area contributed by atoms with Crippen LogP contribution in [0.5, 0.6) is 0 Å². The average molecular weight is 294 g/mol. The van der Waals surface area contributed by atoms with Crippen LogP contribution >= 0.6 is 11.6 Å². The Labute approximate surface area is 126 Å². The summed E-state index contributed by atoms with van der Waals surface area (Å²) >= 11 is 6.11. The summed E-state index contributed by atoms with van der Waals surface area (Å²) in [5.74, 6) is 0.530. The van der Waals surface area contributed by atoms with E-state index in [1.807, 2.05) is 13.0 Å². The smallest absolute Gasteiger partial charge is 0.0685 e. The summed E-state index contributed by atoms with van der Waals surface area (Å²) in [4.78, 5) is 0. The third-order valence-electron chi connectivity index (χ3n) is 5.12. The fourth-order valence-electron chi connectivity index (χ4n) is 3.89. The first kappa shape index (κ1) is 14.4. The van der Waals surface area contributed by atoms with Crippen LogP contribution in [-0.2, 0) is 4.74 Å². The van der Waals surface area contributed by atoms with Gasteiger partial charge in [-0.2, -0.15) is 0 Å². The van der Waals surface area contributed by atoms with E-state index >= 15 is 0 Å². The topological polar surface area (TPSA) is 35.2 Å². The number of ether oxygens (including phenoxy) is 1. The Balaban J connectivity index is 1.75. The minimum absolute atomic E-state index is 0.104. The van der Waals surface area contributed by atoms with Gasteiger partial charge in [0.15, 0.2) is 0 Å². The number of hydrogen-bond acceptors (Lipinski definition) is 2. The lowest BCUT2D eigenvalue weighted by atomic mass is 9.79. The quantitative estimate of drug-likeness (QED) is 0.878. The molecule has 1 saturated carbocycles. The largest absolute Gasteiger partial charge is 0.375 e. The molecule has 2 nitrogen and oxygen atoms in total. The van der Waals surface area contributed by atoms with Crippen molar-refractivity contribution in [2.24, 2.45) is 11.7 Å². The third-order valence-corrected chi connectivity index (χ3v) is 5.54. The van der Waals surface area contributed by atoms with Crippen LogP contribution < -0.4 is 5.73 Å². The Morgan fingerprint density at radius 2 is 2.10 bits per heavy atom. The summed E-state index contributed by atoms with van der Waals surface area (Å²) in [5.41, 5.74) is 9.01. The van der Waals surface area contributed by atoms with Gasteiger partial charge in [-0.3, -0.25) is 0 Å². The van der Waals surface area contributed by atoms with Crippen molar-refractivity contribution in [1.82, 2.24) is 0 Å². The molecule has 110 valence electrons. The van der Waals surface area contributed by atoms with Gasteiger partial charge in [0.1, 0.15) is 0 Å². The number of nitrogens with two attached hydrogens (primary N) is 1. The highest BCUT2D eigenvalue weighted by Gasteiger charge is 2.41. The molecule has 0 aromatic heterocycles. The molecule has 2 N–H and O–H groups in total. The molecule has 2 atom stereocenters. The Hall–Kier alpha value is -0.570. The van der Waals surface area contributed by atoms with Crippen molar-refractivity contribution in [3.05, 3.63) is 34.3 Å². The van der Waals surface area contributed by atoms with Crippen LogP contribution in [0.2, 0.25) is 5.02 Å². The molecule has 0 amide bonds. The molecule has 1 spiro atoms. The first-order valence-electron chi connectivity index (χ1n) is 7.75. The zero-order valence-corrected chi connectivity index (χ0v) is 13.0. The second-order valence-corrected chi connectivity index (χ2v) is 6.93. The molecule has 2 aliphatic rings. The van der Waals surface area contributed by atoms with E-state index in [0.29, 0.717) is 5.92 Å². The molecule has 0 radical (unpaired) electrons. The maximum Gasteiger partial charge on any atom is 0.0685 e. The number of hydrogen-bond donors (Lipinski definition) is 1. The van der Waals surface area contributed by atoms with Crippen LogP contribution in [0.1, 0.15) is 55.7 Å². The van der Waals surface area contributed by atoms with Crippen molar-refractivity contribution in [2.75, 3.05) is 6.61 Å². The van der Waals surface area contributed by atoms with E-state index < -0.39 is 0 Å². The second kappa shape index (κ2) is 5.67. The van der Waals surface area contributed by atoms with Gasteiger partial charge in [0.25, 0.3) is 0 Å². The molecule has 1 aliphatic heterocycles. The summed E-state index contributed by atoms with van der Waals surface area (Å²) in [6, 6.07) is 6.30. The Morgan fingerprint density at radius 3 is 2.80 bits per heavy atom. The predicted molar refractivity (Wildman–Crippen MR) is 83.0 cm³/mol. The van der Waals surface area contributed by atoms with Crippen LogP contribution in [0.25, 0.3) is 0 Å². The van der Waals surface area contributed by atoms with E-state index in [2.05, 4.69) is 12.1 Å². The molecule has 3 rings (SSSR count). The van der Waals surface area contributed by atoms with Crippen LogP contribution in [0.4, 0.5) is 0 Å². The van der Waals surface area contributed by atoms with E-state index in [1.165, 1.54) is 31.2 Å². The van der Waals surface area contributed by atoms with Gasteiger partial charge in [0, 0.05) is 17.7 Å². The SMILES string of the molecule is Cc1cc(C(N)C2CCOC3(CCCC3)C2)ccc1Cl. The summed E-state index contributed by atoms with van der Waals surface area (Å²) in [5, 5.41) is 0.820. The van der Waals surface area contributed by atoms with Gasteiger partial charge in [-0.05, 0) is 55.7 Å². The summed E-state index contributed by atoms with van der Waals surface area (Å²) in [6.45, 7) is 2.91. The average Bonchev–Trinajstić information content (AvgIpc) is 2.89. The standard InChI is InChI=1S/C17H24ClNO/c1-12-10-13(4-5-15(12)18)16(19)14-6-9-20-17(11-14)7-2-3-8-17/h4-5,10,14,16H,2-3,6-9,11,19H2,1H3. The highest BCUT2D eigenvalue weighted by Crippen LogP contribution is 2.44. The molecule has 1 aliphatic carbocycles. The van der Waals surface area contributed by atoms with Crippen molar-refractivity contribution in [3.63, 3.8) is 0 Å². The van der Waals surface area contributed by atoms with Gasteiger partial charge >= 0.3 is 0 Å². The summed E-state index contributed by atoms with van der Waals surface area (Å²) < 4.78 is 6.11. The lowest BCUT2D eigenvalue weighted by molar-refractivity contribution is -0.0963. The molecule has 20 heavy (non-hydrogen) atoms. The van der Waals surface area contributed by atoms with Gasteiger partial charge in [0.05, 0.1) is 5.60 Å². The third kappa shape index (κ3) is 2.74. The fourth-order valence-corrected chi connectivity index (χ4v) is 4.00. The van der Waals surface area contributed by atoms with Crippen LogP contribution in [-0.4, -0.2) is 12.2 Å². The summed E-state index contributed by atoms with van der Waals surface area (Å²) in [7, 11) is 0. The second-order valence-electron chi connectivity index (χ2n) is 6.53. The molecule has 1 aromatic carbocycles. The first-order valence-corrected chi connectivity index (χ1v) is 8.13. The van der Waals surface area contributed by atoms with Crippen LogP contribution in [0.15, 0.2) is 18.2 Å². The fraction of sp³-hybridized carbons (Fsp3) is 0.647. The molecule has 1 saturated heterocycles. The molecule has 2 unspecified atom stereocenters. The van der Waals surface area contributed by atoms with Gasteiger partial charge in [-0.1, -0.05) is 36.6 Å². The van der Waals surface area contributed by atoms with E-state index in [0.717, 1.165) is 30.0 Å². The molecular formula is C17H24ClNO. The lowest BCUT2D eigenvalue weighted by Crippen LogP contribution is -2.40. The van der Waals surface area contributed by atoms with Crippen molar-refractivity contribution in [3.8, 4) is 0 Å². The van der Waals surface area contributed by atoms with Gasteiger partial charge in [-0.25, -0.2) is 0 Å². The Morgan fingerprint density at radius 1 is 1.35 bits per heavy atom. The maximum absolute atomic E-state index is 6.54. The van der Waals surface area contributed by atoms with E-state index in [-0.39, 0.29) is 11.6 Å². The normalized spacial score (nSPS) is 26.9. The first-order chi connectivity index (χ1) is 9.60. The minimum atomic E-state index is 0.104. The predicted octanol–water partition coefficient (Wildman–Crippen LogP) is 4.39. The summed E-state index contributed by atoms with van der Waals surface area (Å²) in [6.07, 6.45) is 7.25. The van der Waals surface area contributed by atoms with Crippen molar-refractivity contribution in [2.45, 2.75) is 57.1 Å². The molecule has 1 aromatic rings. The highest BCUT2D eigenvalue weighted by atomic mass is 35.5. The maximum atomic E-state index is 6.54. The van der Waals surface area contributed by atoms with E-state index in [9.17, 15) is 0 Å². The van der Waals surface area contributed by atoms with E-state index in [1.54, 1.807) is 0 Å². The number of halogens is 1. The monoisotopic (exact) mass is 293 g/mol. The molecule has 3 heteroatoms. The molecule has 1 heterocycles. The minimum Gasteiger partial charge on any atom is -0.375 e. The van der Waals surface area contributed by atoms with Gasteiger partial charge in [0.2, 0.25) is 0 Å². The van der Waals surface area contributed by atoms with Crippen LogP contribution in [0, 0.1) is 12.8 Å². The molecular weight excluding hydrogens is 270 g/mol. The van der Waals surface area contributed by atoms with Crippen LogP contribution in [0.3, 0.4) is 0 Å². The number of rotatable bonds is 2. The Kier molecular flexibility index (Phi) is 4.07. The van der Waals surface area contributed by atoms with E-state index in [4.69, 9.17) is 22.1 Å². The molecule has 0 bridgehead atoms. The van der Waals surface area contributed by atoms with Crippen molar-refractivity contribution < 1.29 is 4.74 Å². The Bertz CT molecular complexity index is 482. The highest BCUT2D eigenvalue weighted by molar-refractivity contribution is 6.31. The van der Waals surface area contributed by atoms with Crippen molar-refractivity contribution >= 4 is 11.6 Å².